The Morgan fingerprint density at radius 3 is 2.43 bits per heavy atom. The van der Waals surface area contributed by atoms with Gasteiger partial charge in [0.2, 0.25) is 0 Å². The maximum absolute atomic E-state index is 13.4. The molecule has 0 bridgehead atoms. The molecule has 1 heterocycles. The monoisotopic (exact) mass is 493 g/mol. The highest BCUT2D eigenvalue weighted by Crippen LogP contribution is 2.42. The maximum atomic E-state index is 13.4. The van der Waals surface area contributed by atoms with Crippen molar-refractivity contribution in [3.05, 3.63) is 41.0 Å². The van der Waals surface area contributed by atoms with Crippen LogP contribution in [0, 0.1) is 24.2 Å². The SMILES string of the molecule is CCc1nc(C(=O)NCC2CCC(C)CC2)c(C)n1-c1ccc(CC(C)(C)C(F)(F)F)c(OC)c1. The van der Waals surface area contributed by atoms with Gasteiger partial charge in [-0.1, -0.05) is 46.6 Å². The molecule has 1 fully saturated rings. The summed E-state index contributed by atoms with van der Waals surface area (Å²) in [5, 5.41) is 3.07. The molecule has 1 amide bonds. The molecular weight excluding hydrogens is 455 g/mol. The number of nitrogens with zero attached hydrogens (tertiary/aromatic N) is 2. The number of aryl methyl sites for hydroxylation is 1. The fraction of sp³-hybridized carbons (Fsp3) is 0.630. The molecule has 0 aliphatic heterocycles. The average molecular weight is 494 g/mol. The minimum atomic E-state index is -4.33. The molecule has 1 aliphatic carbocycles. The third-order valence-electron chi connectivity index (χ3n) is 7.32. The van der Waals surface area contributed by atoms with Crippen LogP contribution in [0.4, 0.5) is 13.2 Å². The molecular formula is C27H38F3N3O2. The van der Waals surface area contributed by atoms with Crippen molar-refractivity contribution in [3.8, 4) is 11.4 Å². The lowest BCUT2D eigenvalue weighted by atomic mass is 9.83. The third-order valence-corrected chi connectivity index (χ3v) is 7.32. The molecule has 2 aromatic rings. The summed E-state index contributed by atoms with van der Waals surface area (Å²) >= 11 is 0. The van der Waals surface area contributed by atoms with Gasteiger partial charge < -0.3 is 14.6 Å². The van der Waals surface area contributed by atoms with E-state index in [1.807, 2.05) is 18.4 Å². The maximum Gasteiger partial charge on any atom is 0.394 e. The molecule has 1 saturated carbocycles. The van der Waals surface area contributed by atoms with E-state index in [-0.39, 0.29) is 12.3 Å². The van der Waals surface area contributed by atoms with Crippen LogP contribution in [-0.4, -0.2) is 35.3 Å². The molecule has 0 saturated heterocycles. The van der Waals surface area contributed by atoms with E-state index in [1.165, 1.54) is 33.8 Å². The predicted molar refractivity (Wildman–Crippen MR) is 131 cm³/mol. The van der Waals surface area contributed by atoms with Crippen molar-refractivity contribution in [1.82, 2.24) is 14.9 Å². The number of methoxy groups -OCH3 is 1. The van der Waals surface area contributed by atoms with Crippen molar-refractivity contribution in [1.29, 1.82) is 0 Å². The van der Waals surface area contributed by atoms with Crippen LogP contribution in [0.1, 0.15) is 80.9 Å². The summed E-state index contributed by atoms with van der Waals surface area (Å²) in [7, 11) is 1.45. The van der Waals surface area contributed by atoms with Gasteiger partial charge in [-0.25, -0.2) is 4.98 Å². The van der Waals surface area contributed by atoms with Gasteiger partial charge in [-0.2, -0.15) is 13.2 Å². The Bertz CT molecular complexity index is 1040. The van der Waals surface area contributed by atoms with Crippen molar-refractivity contribution in [2.75, 3.05) is 13.7 Å². The van der Waals surface area contributed by atoms with Crippen LogP contribution in [0.5, 0.6) is 5.75 Å². The summed E-state index contributed by atoms with van der Waals surface area (Å²) in [6.07, 6.45) is 0.735. The topological polar surface area (TPSA) is 56.2 Å². The third kappa shape index (κ3) is 6.01. The average Bonchev–Trinajstić information content (AvgIpc) is 3.14. The molecule has 35 heavy (non-hydrogen) atoms. The quantitative estimate of drug-likeness (QED) is 0.460. The number of benzene rings is 1. The molecule has 3 rings (SSSR count). The van der Waals surface area contributed by atoms with Crippen LogP contribution in [0.25, 0.3) is 5.69 Å². The van der Waals surface area contributed by atoms with Crippen LogP contribution in [0.2, 0.25) is 0 Å². The van der Waals surface area contributed by atoms with Gasteiger partial charge in [-0.15, -0.1) is 0 Å². The standard InChI is InChI=1S/C27H38F3N3O2/c1-7-23-32-24(25(34)31-16-19-10-8-17(2)9-11-19)18(3)33(23)21-13-12-20(22(14-21)35-6)15-26(4,5)27(28,29)30/h12-14,17,19H,7-11,15-16H2,1-6H3,(H,31,34). The summed E-state index contributed by atoms with van der Waals surface area (Å²) in [5.74, 6) is 2.16. The number of aromatic nitrogens is 2. The minimum Gasteiger partial charge on any atom is -0.496 e. The van der Waals surface area contributed by atoms with Gasteiger partial charge in [-0.05, 0) is 49.7 Å². The Morgan fingerprint density at radius 1 is 1.20 bits per heavy atom. The molecule has 1 N–H and O–H groups in total. The zero-order chi connectivity index (χ0) is 26.0. The Morgan fingerprint density at radius 2 is 1.86 bits per heavy atom. The number of rotatable bonds is 8. The summed E-state index contributed by atoms with van der Waals surface area (Å²) in [6.45, 7) is 9.10. The van der Waals surface area contributed by atoms with E-state index in [0.29, 0.717) is 53.1 Å². The van der Waals surface area contributed by atoms with E-state index in [2.05, 4.69) is 17.2 Å². The number of hydrogen-bond donors (Lipinski definition) is 1. The lowest BCUT2D eigenvalue weighted by molar-refractivity contribution is -0.211. The molecule has 8 heteroatoms. The second-order valence-electron chi connectivity index (χ2n) is 10.5. The molecule has 0 spiro atoms. The number of halogens is 3. The summed E-state index contributed by atoms with van der Waals surface area (Å²) in [4.78, 5) is 17.6. The number of ether oxygens (including phenoxy) is 1. The van der Waals surface area contributed by atoms with Crippen molar-refractivity contribution >= 4 is 5.91 Å². The highest BCUT2D eigenvalue weighted by molar-refractivity contribution is 5.93. The van der Waals surface area contributed by atoms with Gasteiger partial charge in [0, 0.05) is 19.0 Å². The largest absolute Gasteiger partial charge is 0.496 e. The number of nitrogens with one attached hydrogen (secondary N) is 1. The van der Waals surface area contributed by atoms with Gasteiger partial charge in [0.25, 0.3) is 5.91 Å². The van der Waals surface area contributed by atoms with E-state index < -0.39 is 11.6 Å². The highest BCUT2D eigenvalue weighted by Gasteiger charge is 2.47. The second-order valence-corrected chi connectivity index (χ2v) is 10.5. The Kier molecular flexibility index (Phi) is 8.22. The second kappa shape index (κ2) is 10.6. The predicted octanol–water partition coefficient (Wildman–Crippen LogP) is 6.44. The van der Waals surface area contributed by atoms with E-state index in [9.17, 15) is 18.0 Å². The zero-order valence-electron chi connectivity index (χ0n) is 21.7. The van der Waals surface area contributed by atoms with Crippen LogP contribution in [0.15, 0.2) is 18.2 Å². The van der Waals surface area contributed by atoms with E-state index in [0.717, 1.165) is 18.8 Å². The molecule has 0 atom stereocenters. The van der Waals surface area contributed by atoms with Gasteiger partial charge in [0.1, 0.15) is 17.3 Å². The zero-order valence-corrected chi connectivity index (χ0v) is 21.7. The number of carbonyl (C=O) groups is 1. The molecule has 0 unspecified atom stereocenters. The molecule has 194 valence electrons. The van der Waals surface area contributed by atoms with Gasteiger partial charge in [-0.3, -0.25) is 4.79 Å². The Balaban J connectivity index is 1.84. The van der Waals surface area contributed by atoms with Gasteiger partial charge in [0.15, 0.2) is 0 Å². The van der Waals surface area contributed by atoms with Crippen LogP contribution < -0.4 is 10.1 Å². The smallest absolute Gasteiger partial charge is 0.394 e. The fourth-order valence-corrected chi connectivity index (χ4v) is 4.80. The summed E-state index contributed by atoms with van der Waals surface area (Å²) in [5.41, 5.74) is 0.379. The summed E-state index contributed by atoms with van der Waals surface area (Å²) < 4.78 is 47.7. The first kappa shape index (κ1) is 27.1. The molecule has 1 aliphatic rings. The number of alkyl halides is 3. The van der Waals surface area contributed by atoms with Crippen molar-refractivity contribution in [2.45, 2.75) is 79.3 Å². The lowest BCUT2D eigenvalue weighted by Crippen LogP contribution is -2.34. The van der Waals surface area contributed by atoms with Gasteiger partial charge >= 0.3 is 6.18 Å². The van der Waals surface area contributed by atoms with Gasteiger partial charge in [0.05, 0.1) is 23.9 Å². The van der Waals surface area contributed by atoms with E-state index in [1.54, 1.807) is 18.2 Å². The number of imidazole rings is 1. The van der Waals surface area contributed by atoms with Crippen LogP contribution in [-0.2, 0) is 12.8 Å². The van der Waals surface area contributed by atoms with E-state index in [4.69, 9.17) is 4.74 Å². The molecule has 1 aromatic heterocycles. The molecule has 0 radical (unpaired) electrons. The first-order valence-corrected chi connectivity index (χ1v) is 12.5. The number of amides is 1. The molecule has 1 aromatic carbocycles. The van der Waals surface area contributed by atoms with Crippen molar-refractivity contribution in [2.24, 2.45) is 17.3 Å². The van der Waals surface area contributed by atoms with Crippen molar-refractivity contribution < 1.29 is 22.7 Å². The first-order valence-electron chi connectivity index (χ1n) is 12.5. The fourth-order valence-electron chi connectivity index (χ4n) is 4.80. The van der Waals surface area contributed by atoms with E-state index >= 15 is 0 Å². The lowest BCUT2D eigenvalue weighted by Gasteiger charge is -2.28. The van der Waals surface area contributed by atoms with Crippen LogP contribution in [0.3, 0.4) is 0 Å². The Labute approximate surface area is 206 Å². The number of hydrogen-bond acceptors (Lipinski definition) is 3. The Hall–Kier alpha value is -2.51. The van der Waals surface area contributed by atoms with Crippen molar-refractivity contribution in [3.63, 3.8) is 0 Å². The first-order chi connectivity index (χ1) is 16.4. The summed E-state index contributed by atoms with van der Waals surface area (Å²) in [6, 6.07) is 5.16. The van der Waals surface area contributed by atoms with Crippen LogP contribution >= 0.6 is 0 Å². The minimum absolute atomic E-state index is 0.190. The number of carbonyl (C=O) groups excluding carboxylic acids is 1. The normalized spacial score (nSPS) is 19.0. The molecule has 5 nitrogen and oxygen atoms in total. The highest BCUT2D eigenvalue weighted by atomic mass is 19.4.